The van der Waals surface area contributed by atoms with Gasteiger partial charge in [-0.2, -0.15) is 13.2 Å². The molecular formula is C10H6F5N3S. The summed E-state index contributed by atoms with van der Waals surface area (Å²) in [4.78, 5) is 0. The molecular weight excluding hydrogens is 289 g/mol. The van der Waals surface area contributed by atoms with Crippen LogP contribution in [0.5, 0.6) is 0 Å². The Balaban J connectivity index is 2.04. The minimum absolute atomic E-state index is 0.0870. The Hall–Kier alpha value is -1.77. The largest absolute Gasteiger partial charge is 0.445 e. The standard InChI is InChI=1S/C10H6F5N3S/c11-6-2-1-5(7(12)3-6)4-16-9-18-17-8(19-9)10(13,14)15/h1-3H,4H2,(H,16,18). The molecule has 0 radical (unpaired) electrons. The van der Waals surface area contributed by atoms with Crippen molar-refractivity contribution in [1.29, 1.82) is 0 Å². The lowest BCUT2D eigenvalue weighted by molar-refractivity contribution is -0.138. The third-order valence-electron chi connectivity index (χ3n) is 2.11. The van der Waals surface area contributed by atoms with Crippen LogP contribution in [0.2, 0.25) is 0 Å². The SMILES string of the molecule is Fc1ccc(CNc2nnc(C(F)(F)F)s2)c(F)c1. The summed E-state index contributed by atoms with van der Waals surface area (Å²) in [6.07, 6.45) is -4.56. The van der Waals surface area contributed by atoms with E-state index in [-0.39, 0.29) is 17.2 Å². The lowest BCUT2D eigenvalue weighted by Gasteiger charge is -2.03. The highest BCUT2D eigenvalue weighted by Crippen LogP contribution is 2.33. The van der Waals surface area contributed by atoms with Crippen molar-refractivity contribution in [1.82, 2.24) is 10.2 Å². The van der Waals surface area contributed by atoms with Gasteiger partial charge in [-0.05, 0) is 6.07 Å². The first-order valence-corrected chi connectivity index (χ1v) is 5.76. The highest BCUT2D eigenvalue weighted by Gasteiger charge is 2.35. The fourth-order valence-electron chi connectivity index (χ4n) is 1.25. The first kappa shape index (κ1) is 13.7. The van der Waals surface area contributed by atoms with E-state index < -0.39 is 22.8 Å². The van der Waals surface area contributed by atoms with Gasteiger partial charge in [0.2, 0.25) is 10.1 Å². The van der Waals surface area contributed by atoms with Gasteiger partial charge in [0.1, 0.15) is 11.6 Å². The maximum Gasteiger partial charge on any atom is 0.445 e. The molecule has 0 aliphatic rings. The predicted octanol–water partition coefficient (Wildman–Crippen LogP) is 3.45. The van der Waals surface area contributed by atoms with Gasteiger partial charge >= 0.3 is 6.18 Å². The summed E-state index contributed by atoms with van der Waals surface area (Å²) in [6.45, 7) is -0.112. The molecule has 19 heavy (non-hydrogen) atoms. The normalized spacial score (nSPS) is 11.6. The van der Waals surface area contributed by atoms with Crippen LogP contribution in [0.3, 0.4) is 0 Å². The molecule has 0 unspecified atom stereocenters. The van der Waals surface area contributed by atoms with Crippen molar-refractivity contribution in [3.8, 4) is 0 Å². The third-order valence-corrected chi connectivity index (χ3v) is 3.04. The number of anilines is 1. The number of alkyl halides is 3. The zero-order chi connectivity index (χ0) is 14.0. The second-order valence-electron chi connectivity index (χ2n) is 3.50. The summed E-state index contributed by atoms with van der Waals surface area (Å²) in [6, 6.07) is 2.95. The third kappa shape index (κ3) is 3.37. The number of aromatic nitrogens is 2. The zero-order valence-corrected chi connectivity index (χ0v) is 9.95. The summed E-state index contributed by atoms with van der Waals surface area (Å²) >= 11 is 0.313. The molecule has 1 heterocycles. The van der Waals surface area contributed by atoms with Crippen LogP contribution in [0.1, 0.15) is 10.6 Å². The number of nitrogens with zero attached hydrogens (tertiary/aromatic N) is 2. The van der Waals surface area contributed by atoms with Crippen molar-refractivity contribution >= 4 is 16.5 Å². The maximum absolute atomic E-state index is 13.3. The number of hydrogen-bond acceptors (Lipinski definition) is 4. The average molecular weight is 295 g/mol. The molecule has 0 spiro atoms. The van der Waals surface area contributed by atoms with Crippen LogP contribution in [-0.2, 0) is 12.7 Å². The molecule has 1 aromatic carbocycles. The molecule has 0 aliphatic heterocycles. The van der Waals surface area contributed by atoms with Crippen molar-refractivity contribution in [2.45, 2.75) is 12.7 Å². The van der Waals surface area contributed by atoms with Gasteiger partial charge in [-0.1, -0.05) is 17.4 Å². The Bertz CT molecular complexity index is 581. The molecule has 1 aromatic heterocycles. The van der Waals surface area contributed by atoms with Crippen LogP contribution >= 0.6 is 11.3 Å². The van der Waals surface area contributed by atoms with E-state index in [2.05, 4.69) is 15.5 Å². The number of benzene rings is 1. The van der Waals surface area contributed by atoms with Gasteiger partial charge in [0.15, 0.2) is 0 Å². The van der Waals surface area contributed by atoms with Gasteiger partial charge in [-0.25, -0.2) is 8.78 Å². The average Bonchev–Trinajstić information content (AvgIpc) is 2.76. The van der Waals surface area contributed by atoms with Crippen LogP contribution < -0.4 is 5.32 Å². The minimum Gasteiger partial charge on any atom is -0.356 e. The molecule has 102 valence electrons. The molecule has 1 N–H and O–H groups in total. The Morgan fingerprint density at radius 2 is 1.89 bits per heavy atom. The Morgan fingerprint density at radius 3 is 2.47 bits per heavy atom. The van der Waals surface area contributed by atoms with Gasteiger partial charge in [0, 0.05) is 18.2 Å². The molecule has 0 fully saturated rings. The molecule has 0 bridgehead atoms. The van der Waals surface area contributed by atoms with E-state index in [1.807, 2.05) is 0 Å². The first-order valence-electron chi connectivity index (χ1n) is 4.95. The molecule has 0 aliphatic carbocycles. The first-order chi connectivity index (χ1) is 8.86. The predicted molar refractivity (Wildman–Crippen MR) is 58.6 cm³/mol. The van der Waals surface area contributed by atoms with E-state index in [1.165, 1.54) is 6.07 Å². The summed E-state index contributed by atoms with van der Waals surface area (Å²) in [7, 11) is 0. The van der Waals surface area contributed by atoms with Gasteiger partial charge in [0.25, 0.3) is 0 Å². The van der Waals surface area contributed by atoms with Crippen LogP contribution in [0.25, 0.3) is 0 Å². The monoisotopic (exact) mass is 295 g/mol. The topological polar surface area (TPSA) is 37.8 Å². The van der Waals surface area contributed by atoms with E-state index in [0.717, 1.165) is 6.07 Å². The molecule has 0 saturated carbocycles. The smallest absolute Gasteiger partial charge is 0.356 e. The summed E-state index contributed by atoms with van der Waals surface area (Å²) in [5.41, 5.74) is 0.116. The van der Waals surface area contributed by atoms with Crippen molar-refractivity contribution in [3.63, 3.8) is 0 Å². The van der Waals surface area contributed by atoms with Crippen LogP contribution in [0, 0.1) is 11.6 Å². The van der Waals surface area contributed by atoms with E-state index in [0.29, 0.717) is 17.4 Å². The Morgan fingerprint density at radius 1 is 1.16 bits per heavy atom. The van der Waals surface area contributed by atoms with E-state index >= 15 is 0 Å². The number of rotatable bonds is 3. The van der Waals surface area contributed by atoms with Gasteiger partial charge < -0.3 is 5.32 Å². The van der Waals surface area contributed by atoms with Crippen LogP contribution in [0.4, 0.5) is 27.1 Å². The van der Waals surface area contributed by atoms with Gasteiger partial charge in [-0.3, -0.25) is 0 Å². The summed E-state index contributed by atoms with van der Waals surface area (Å²) in [5.74, 6) is -1.51. The highest BCUT2D eigenvalue weighted by molar-refractivity contribution is 7.15. The molecule has 9 heteroatoms. The van der Waals surface area contributed by atoms with E-state index in [9.17, 15) is 22.0 Å². The Kier molecular flexibility index (Phi) is 3.65. The van der Waals surface area contributed by atoms with E-state index in [1.54, 1.807) is 0 Å². The van der Waals surface area contributed by atoms with Crippen molar-refractivity contribution < 1.29 is 22.0 Å². The Labute approximate surface area is 108 Å². The van der Waals surface area contributed by atoms with Crippen molar-refractivity contribution in [2.75, 3.05) is 5.32 Å². The maximum atomic E-state index is 13.3. The minimum atomic E-state index is -4.56. The lowest BCUT2D eigenvalue weighted by Crippen LogP contribution is -2.03. The molecule has 0 atom stereocenters. The quantitative estimate of drug-likeness (QED) is 0.881. The molecule has 2 aromatic rings. The van der Waals surface area contributed by atoms with E-state index in [4.69, 9.17) is 0 Å². The molecule has 3 nitrogen and oxygen atoms in total. The van der Waals surface area contributed by atoms with Crippen LogP contribution in [0.15, 0.2) is 18.2 Å². The lowest BCUT2D eigenvalue weighted by atomic mass is 10.2. The number of halogens is 5. The molecule has 0 saturated heterocycles. The van der Waals surface area contributed by atoms with Crippen molar-refractivity contribution in [2.24, 2.45) is 0 Å². The highest BCUT2D eigenvalue weighted by atomic mass is 32.1. The molecule has 0 amide bonds. The number of hydrogen-bond donors (Lipinski definition) is 1. The van der Waals surface area contributed by atoms with Crippen LogP contribution in [-0.4, -0.2) is 10.2 Å². The fraction of sp³-hybridized carbons (Fsp3) is 0.200. The van der Waals surface area contributed by atoms with Crippen molar-refractivity contribution in [3.05, 3.63) is 40.4 Å². The summed E-state index contributed by atoms with van der Waals surface area (Å²) < 4.78 is 62.6. The second-order valence-corrected chi connectivity index (χ2v) is 4.48. The zero-order valence-electron chi connectivity index (χ0n) is 9.13. The van der Waals surface area contributed by atoms with Gasteiger partial charge in [-0.15, -0.1) is 10.2 Å². The second kappa shape index (κ2) is 5.08. The molecule has 2 rings (SSSR count). The van der Waals surface area contributed by atoms with Gasteiger partial charge in [0.05, 0.1) is 0 Å². The fourth-order valence-corrected chi connectivity index (χ4v) is 1.85. The number of nitrogens with one attached hydrogen (secondary N) is 1. The summed E-state index contributed by atoms with van der Waals surface area (Å²) in [5, 5.41) is 7.57.